The van der Waals surface area contributed by atoms with E-state index in [9.17, 15) is 28.4 Å². The summed E-state index contributed by atoms with van der Waals surface area (Å²) in [5.74, 6) is -1.56. The van der Waals surface area contributed by atoms with E-state index in [1.54, 1.807) is 32.1 Å². The molecule has 1 fully saturated rings. The first-order chi connectivity index (χ1) is 13.1. The molecule has 28 heavy (non-hydrogen) atoms. The van der Waals surface area contributed by atoms with Crippen LogP contribution >= 0.6 is 0 Å². The molecule has 0 spiro atoms. The Hall–Kier alpha value is -2.92. The fourth-order valence-corrected chi connectivity index (χ4v) is 5.35. The van der Waals surface area contributed by atoms with Gasteiger partial charge in [-0.2, -0.15) is 5.26 Å². The third-order valence-corrected chi connectivity index (χ3v) is 6.92. The number of sulfone groups is 1. The largest absolute Gasteiger partial charge is 0.507 e. The molecule has 2 aliphatic heterocycles. The molecule has 2 amide bonds. The van der Waals surface area contributed by atoms with E-state index < -0.39 is 27.7 Å². The van der Waals surface area contributed by atoms with Crippen LogP contribution in [-0.2, 0) is 19.4 Å². The number of aryl methyl sites for hydroxylation is 2. The lowest BCUT2D eigenvalue weighted by atomic mass is 9.92. The number of amides is 2. The molecule has 146 valence electrons. The number of imide groups is 1. The SMILES string of the molecule is CC1=C(C#N)C(=O)N(C2CCS(=O)(=O)C2)C(=O)C1=Cc1cc(C)c(O)c(C)c1. The van der Waals surface area contributed by atoms with Gasteiger partial charge in [0.15, 0.2) is 9.84 Å². The van der Waals surface area contributed by atoms with Gasteiger partial charge in [0.2, 0.25) is 0 Å². The molecule has 0 aromatic heterocycles. The van der Waals surface area contributed by atoms with Crippen molar-refractivity contribution in [2.45, 2.75) is 33.2 Å². The second kappa shape index (κ2) is 6.91. The molecule has 0 saturated carbocycles. The minimum absolute atomic E-state index is 0.0886. The second-order valence-corrected chi connectivity index (χ2v) is 9.44. The molecular formula is C20H20N2O5S. The summed E-state index contributed by atoms with van der Waals surface area (Å²) in [4.78, 5) is 26.7. The molecule has 3 rings (SSSR count). The van der Waals surface area contributed by atoms with Crippen LogP contribution in [0.1, 0.15) is 30.0 Å². The van der Waals surface area contributed by atoms with Crippen LogP contribution < -0.4 is 0 Å². The van der Waals surface area contributed by atoms with Crippen molar-refractivity contribution in [2.24, 2.45) is 0 Å². The van der Waals surface area contributed by atoms with E-state index >= 15 is 0 Å². The van der Waals surface area contributed by atoms with Crippen molar-refractivity contribution < 1.29 is 23.1 Å². The van der Waals surface area contributed by atoms with Gasteiger partial charge in [-0.1, -0.05) is 0 Å². The van der Waals surface area contributed by atoms with Crippen molar-refractivity contribution in [3.05, 3.63) is 45.5 Å². The van der Waals surface area contributed by atoms with Crippen LogP contribution in [0.5, 0.6) is 5.75 Å². The maximum Gasteiger partial charge on any atom is 0.271 e. The summed E-state index contributed by atoms with van der Waals surface area (Å²) in [6.07, 6.45) is 1.74. The van der Waals surface area contributed by atoms with Gasteiger partial charge >= 0.3 is 0 Å². The Kier molecular flexibility index (Phi) is 4.90. The minimum atomic E-state index is -3.31. The molecule has 1 aromatic carbocycles. The van der Waals surface area contributed by atoms with Crippen LogP contribution in [0, 0.1) is 25.2 Å². The second-order valence-electron chi connectivity index (χ2n) is 7.21. The summed E-state index contributed by atoms with van der Waals surface area (Å²) in [7, 11) is -3.31. The Balaban J connectivity index is 2.13. The molecule has 1 N–H and O–H groups in total. The van der Waals surface area contributed by atoms with Crippen LogP contribution in [0.2, 0.25) is 0 Å². The molecule has 0 aliphatic carbocycles. The molecular weight excluding hydrogens is 380 g/mol. The molecule has 1 atom stereocenters. The van der Waals surface area contributed by atoms with E-state index in [1.807, 2.05) is 6.07 Å². The zero-order chi connectivity index (χ0) is 20.8. The first kappa shape index (κ1) is 19.8. The van der Waals surface area contributed by atoms with E-state index in [0.717, 1.165) is 4.90 Å². The van der Waals surface area contributed by atoms with Gasteiger partial charge in [0.25, 0.3) is 11.8 Å². The van der Waals surface area contributed by atoms with Crippen molar-refractivity contribution in [2.75, 3.05) is 11.5 Å². The van der Waals surface area contributed by atoms with Gasteiger partial charge in [0.05, 0.1) is 17.5 Å². The van der Waals surface area contributed by atoms with E-state index in [4.69, 9.17) is 0 Å². The molecule has 8 heteroatoms. The third kappa shape index (κ3) is 3.34. The molecule has 0 radical (unpaired) electrons. The predicted octanol–water partition coefficient (Wildman–Crippen LogP) is 1.79. The first-order valence-electron chi connectivity index (χ1n) is 8.77. The van der Waals surface area contributed by atoms with Gasteiger partial charge in [-0.05, 0) is 67.7 Å². The maximum atomic E-state index is 13.1. The zero-order valence-corrected chi connectivity index (χ0v) is 16.6. The Morgan fingerprint density at radius 3 is 2.29 bits per heavy atom. The number of benzene rings is 1. The van der Waals surface area contributed by atoms with E-state index in [2.05, 4.69) is 0 Å². The van der Waals surface area contributed by atoms with Crippen molar-refractivity contribution >= 4 is 27.7 Å². The number of carbonyl (C=O) groups excluding carboxylic acids is 2. The smallest absolute Gasteiger partial charge is 0.271 e. The molecule has 2 aliphatic rings. The Labute approximate surface area is 163 Å². The molecule has 1 saturated heterocycles. The summed E-state index contributed by atoms with van der Waals surface area (Å²) in [5, 5.41) is 19.4. The highest BCUT2D eigenvalue weighted by Gasteiger charge is 2.43. The van der Waals surface area contributed by atoms with Gasteiger partial charge in [-0.3, -0.25) is 14.5 Å². The lowest BCUT2D eigenvalue weighted by Gasteiger charge is -2.31. The quantitative estimate of drug-likeness (QED) is 0.598. The number of rotatable bonds is 2. The van der Waals surface area contributed by atoms with E-state index in [1.165, 1.54) is 6.92 Å². The standard InChI is InChI=1S/C20H20N2O5S/c1-11-6-14(7-12(2)18(11)23)8-16-13(3)17(9-21)20(25)22(19(16)24)15-4-5-28(26,27)10-15/h6-8,15,23H,4-5,10H2,1-3H3. The number of carbonyl (C=O) groups is 2. The average molecular weight is 400 g/mol. The summed E-state index contributed by atoms with van der Waals surface area (Å²) >= 11 is 0. The molecule has 1 aromatic rings. The van der Waals surface area contributed by atoms with Crippen molar-refractivity contribution in [3.8, 4) is 11.8 Å². The minimum Gasteiger partial charge on any atom is -0.507 e. The maximum absolute atomic E-state index is 13.1. The molecule has 2 heterocycles. The van der Waals surface area contributed by atoms with E-state index in [-0.39, 0.29) is 40.4 Å². The number of phenolic OH excluding ortho intramolecular Hbond substituents is 1. The highest BCUT2D eigenvalue weighted by molar-refractivity contribution is 7.91. The van der Waals surface area contributed by atoms with Crippen molar-refractivity contribution in [1.82, 2.24) is 4.90 Å². The highest BCUT2D eigenvalue weighted by atomic mass is 32.2. The number of aromatic hydroxyl groups is 1. The Bertz CT molecular complexity index is 1080. The summed E-state index contributed by atoms with van der Waals surface area (Å²) in [6, 6.07) is 4.48. The monoisotopic (exact) mass is 400 g/mol. The van der Waals surface area contributed by atoms with Crippen LogP contribution in [0.25, 0.3) is 6.08 Å². The van der Waals surface area contributed by atoms with Crippen molar-refractivity contribution in [3.63, 3.8) is 0 Å². The number of hydrogen-bond donors (Lipinski definition) is 1. The third-order valence-electron chi connectivity index (χ3n) is 5.17. The van der Waals surface area contributed by atoms with Crippen LogP contribution in [-0.4, -0.2) is 47.8 Å². The van der Waals surface area contributed by atoms with Gasteiger partial charge in [0, 0.05) is 5.57 Å². The Morgan fingerprint density at radius 2 is 1.79 bits per heavy atom. The summed E-state index contributed by atoms with van der Waals surface area (Å²) in [5.41, 5.74) is 2.17. The molecule has 0 bridgehead atoms. The molecule has 7 nitrogen and oxygen atoms in total. The van der Waals surface area contributed by atoms with Crippen LogP contribution in [0.4, 0.5) is 0 Å². The predicted molar refractivity (Wildman–Crippen MR) is 103 cm³/mol. The highest BCUT2D eigenvalue weighted by Crippen LogP contribution is 2.32. The molecule has 1 unspecified atom stereocenters. The topological polar surface area (TPSA) is 116 Å². The number of nitrogens with zero attached hydrogens (tertiary/aromatic N) is 2. The first-order valence-corrected chi connectivity index (χ1v) is 10.6. The van der Waals surface area contributed by atoms with Gasteiger partial charge < -0.3 is 5.11 Å². The summed E-state index contributed by atoms with van der Waals surface area (Å²) < 4.78 is 23.7. The normalized spacial score (nSPS) is 23.4. The lowest BCUT2D eigenvalue weighted by Crippen LogP contribution is -2.49. The summed E-state index contributed by atoms with van der Waals surface area (Å²) in [6.45, 7) is 4.99. The van der Waals surface area contributed by atoms with Crippen LogP contribution in [0.15, 0.2) is 28.9 Å². The van der Waals surface area contributed by atoms with Gasteiger partial charge in [-0.15, -0.1) is 0 Å². The zero-order valence-electron chi connectivity index (χ0n) is 15.8. The van der Waals surface area contributed by atoms with Crippen LogP contribution in [0.3, 0.4) is 0 Å². The lowest BCUT2D eigenvalue weighted by molar-refractivity contribution is -0.142. The fourth-order valence-electron chi connectivity index (χ4n) is 3.65. The number of nitriles is 1. The van der Waals surface area contributed by atoms with E-state index in [0.29, 0.717) is 16.7 Å². The van der Waals surface area contributed by atoms with Gasteiger partial charge in [-0.25, -0.2) is 8.42 Å². The number of hydrogen-bond acceptors (Lipinski definition) is 6. The van der Waals surface area contributed by atoms with Crippen molar-refractivity contribution in [1.29, 1.82) is 5.26 Å². The fraction of sp³-hybridized carbons (Fsp3) is 0.350. The average Bonchev–Trinajstić information content (AvgIpc) is 2.96. The van der Waals surface area contributed by atoms with Gasteiger partial charge in [0.1, 0.15) is 17.4 Å². The Morgan fingerprint density at radius 1 is 1.18 bits per heavy atom. The number of phenols is 1.